The van der Waals surface area contributed by atoms with Crippen LogP contribution in [0.25, 0.3) is 0 Å². The summed E-state index contributed by atoms with van der Waals surface area (Å²) in [6.07, 6.45) is 1.29. The van der Waals surface area contributed by atoms with E-state index in [1.807, 2.05) is 0 Å². The maximum atomic E-state index is 12.1. The van der Waals surface area contributed by atoms with Crippen molar-refractivity contribution < 1.29 is 19.2 Å². The number of ether oxygens (including phenoxy) is 1. The van der Waals surface area contributed by atoms with Gasteiger partial charge in [0.05, 0.1) is 17.4 Å². The number of hydrogen-bond donors (Lipinski definition) is 0. The molecule has 0 amide bonds. The van der Waals surface area contributed by atoms with Gasteiger partial charge in [0.1, 0.15) is 0 Å². The van der Waals surface area contributed by atoms with Crippen molar-refractivity contribution in [1.29, 1.82) is 0 Å². The lowest BCUT2D eigenvalue weighted by atomic mass is 9.95. The Morgan fingerprint density at radius 2 is 2.11 bits per heavy atom. The molecule has 1 saturated carbocycles. The fourth-order valence-corrected chi connectivity index (χ4v) is 2.02. The Labute approximate surface area is 109 Å². The number of non-ortho nitro benzene ring substituents is 1. The molecule has 0 bridgehead atoms. The van der Waals surface area contributed by atoms with Gasteiger partial charge in [0, 0.05) is 24.1 Å². The van der Waals surface area contributed by atoms with Crippen LogP contribution in [0.2, 0.25) is 0 Å². The zero-order valence-corrected chi connectivity index (χ0v) is 10.4. The third-order valence-corrected chi connectivity index (χ3v) is 3.35. The molecule has 19 heavy (non-hydrogen) atoms. The fourth-order valence-electron chi connectivity index (χ4n) is 2.02. The summed E-state index contributed by atoms with van der Waals surface area (Å²) in [4.78, 5) is 33.7. The Morgan fingerprint density at radius 1 is 1.42 bits per heavy atom. The topological polar surface area (TPSA) is 86.5 Å². The molecule has 6 heteroatoms. The van der Waals surface area contributed by atoms with E-state index in [4.69, 9.17) is 0 Å². The third-order valence-electron chi connectivity index (χ3n) is 3.35. The lowest BCUT2D eigenvalue weighted by Crippen LogP contribution is -2.21. The van der Waals surface area contributed by atoms with Crippen molar-refractivity contribution in [2.45, 2.75) is 19.3 Å². The summed E-state index contributed by atoms with van der Waals surface area (Å²) in [7, 11) is 1.29. The molecule has 1 aliphatic carbocycles. The summed E-state index contributed by atoms with van der Waals surface area (Å²) in [5.41, 5.74) is -0.589. The van der Waals surface area contributed by atoms with Gasteiger partial charge in [-0.1, -0.05) is 12.1 Å². The largest absolute Gasteiger partial charge is 0.469 e. The molecule has 0 heterocycles. The second kappa shape index (κ2) is 4.79. The normalized spacial score (nSPS) is 15.6. The number of rotatable bonds is 5. The molecule has 0 spiro atoms. The predicted molar refractivity (Wildman–Crippen MR) is 65.7 cm³/mol. The van der Waals surface area contributed by atoms with Gasteiger partial charge in [-0.05, 0) is 12.8 Å². The Balaban J connectivity index is 2.15. The van der Waals surface area contributed by atoms with E-state index in [0.717, 1.165) is 0 Å². The summed E-state index contributed by atoms with van der Waals surface area (Å²) in [6.45, 7) is 0. The van der Waals surface area contributed by atoms with Crippen LogP contribution >= 0.6 is 0 Å². The molecule has 0 radical (unpaired) electrons. The smallest absolute Gasteiger partial charge is 0.312 e. The number of methoxy groups -OCH3 is 1. The minimum Gasteiger partial charge on any atom is -0.469 e. The Hall–Kier alpha value is -2.24. The van der Waals surface area contributed by atoms with Gasteiger partial charge in [0.2, 0.25) is 0 Å². The number of nitrogens with zero attached hydrogens (tertiary/aromatic N) is 1. The quantitative estimate of drug-likeness (QED) is 0.351. The molecular formula is C13H13NO5. The van der Waals surface area contributed by atoms with Crippen molar-refractivity contribution in [3.8, 4) is 0 Å². The number of nitro groups is 1. The molecule has 1 fully saturated rings. The van der Waals surface area contributed by atoms with Crippen LogP contribution in [0.5, 0.6) is 0 Å². The average Bonchev–Trinajstić information content (AvgIpc) is 3.18. The molecule has 2 rings (SSSR count). The van der Waals surface area contributed by atoms with Crippen molar-refractivity contribution in [1.82, 2.24) is 0 Å². The van der Waals surface area contributed by atoms with E-state index in [9.17, 15) is 19.7 Å². The van der Waals surface area contributed by atoms with Crippen LogP contribution in [0.3, 0.4) is 0 Å². The molecule has 0 saturated heterocycles. The van der Waals surface area contributed by atoms with Crippen molar-refractivity contribution in [3.63, 3.8) is 0 Å². The zero-order chi connectivity index (χ0) is 14.0. The Bertz CT molecular complexity index is 548. The summed E-state index contributed by atoms with van der Waals surface area (Å²) in [6, 6.07) is 5.53. The molecule has 1 aromatic rings. The highest BCUT2D eigenvalue weighted by Crippen LogP contribution is 2.50. The van der Waals surface area contributed by atoms with E-state index in [0.29, 0.717) is 12.8 Å². The molecule has 1 aliphatic rings. The number of carbonyl (C=O) groups excluding carboxylic acids is 2. The predicted octanol–water partition coefficient (Wildman–Crippen LogP) is 2.12. The lowest BCUT2D eigenvalue weighted by Gasteiger charge is -2.11. The zero-order valence-electron chi connectivity index (χ0n) is 10.4. The Morgan fingerprint density at radius 3 is 2.63 bits per heavy atom. The number of ketones is 1. The monoisotopic (exact) mass is 263 g/mol. The van der Waals surface area contributed by atoms with Gasteiger partial charge in [-0.2, -0.15) is 0 Å². The van der Waals surface area contributed by atoms with Gasteiger partial charge in [0.15, 0.2) is 5.78 Å². The maximum absolute atomic E-state index is 12.1. The highest BCUT2D eigenvalue weighted by Gasteiger charge is 2.52. The number of Topliss-reactive ketones (excluding diaryl/α,β-unsaturated/α-hetero) is 1. The second-order valence-corrected chi connectivity index (χ2v) is 4.68. The average molecular weight is 263 g/mol. The molecule has 1 aromatic carbocycles. The summed E-state index contributed by atoms with van der Waals surface area (Å²) in [5, 5.41) is 10.6. The van der Waals surface area contributed by atoms with Crippen LogP contribution in [0.4, 0.5) is 5.69 Å². The SMILES string of the molecule is COC(=O)C1(CC(=O)c2cccc([N+](=O)[O-])c2)CC1. The van der Waals surface area contributed by atoms with Crippen molar-refractivity contribution >= 4 is 17.4 Å². The van der Waals surface area contributed by atoms with Crippen LogP contribution in [0.1, 0.15) is 29.6 Å². The van der Waals surface area contributed by atoms with E-state index in [1.165, 1.54) is 31.4 Å². The third kappa shape index (κ3) is 2.62. The first-order chi connectivity index (χ1) is 8.98. The van der Waals surface area contributed by atoms with E-state index in [1.54, 1.807) is 0 Å². The van der Waals surface area contributed by atoms with Gasteiger partial charge in [-0.15, -0.1) is 0 Å². The van der Waals surface area contributed by atoms with Gasteiger partial charge in [-0.3, -0.25) is 19.7 Å². The van der Waals surface area contributed by atoms with E-state index in [2.05, 4.69) is 4.74 Å². The van der Waals surface area contributed by atoms with Gasteiger partial charge in [-0.25, -0.2) is 0 Å². The van der Waals surface area contributed by atoms with Crippen LogP contribution < -0.4 is 0 Å². The summed E-state index contributed by atoms with van der Waals surface area (Å²) < 4.78 is 4.68. The standard InChI is InChI=1S/C13H13NO5/c1-19-12(16)13(5-6-13)8-11(15)9-3-2-4-10(7-9)14(17)18/h2-4,7H,5-6,8H2,1H3. The van der Waals surface area contributed by atoms with Gasteiger partial charge < -0.3 is 4.74 Å². The maximum Gasteiger partial charge on any atom is 0.312 e. The lowest BCUT2D eigenvalue weighted by molar-refractivity contribution is -0.384. The molecule has 0 N–H and O–H groups in total. The van der Waals surface area contributed by atoms with Crippen molar-refractivity contribution in [3.05, 3.63) is 39.9 Å². The van der Waals surface area contributed by atoms with Crippen molar-refractivity contribution in [2.75, 3.05) is 7.11 Å². The second-order valence-electron chi connectivity index (χ2n) is 4.68. The summed E-state index contributed by atoms with van der Waals surface area (Å²) >= 11 is 0. The number of hydrogen-bond acceptors (Lipinski definition) is 5. The van der Waals surface area contributed by atoms with Gasteiger partial charge >= 0.3 is 5.97 Å². The number of nitro benzene ring substituents is 1. The first-order valence-corrected chi connectivity index (χ1v) is 5.84. The summed E-state index contributed by atoms with van der Waals surface area (Å²) in [5.74, 6) is -0.655. The number of carbonyl (C=O) groups is 2. The van der Waals surface area contributed by atoms with Crippen LogP contribution in [-0.4, -0.2) is 23.8 Å². The van der Waals surface area contributed by atoms with Crippen LogP contribution in [-0.2, 0) is 9.53 Å². The molecule has 0 aliphatic heterocycles. The first kappa shape index (κ1) is 13.2. The van der Waals surface area contributed by atoms with E-state index in [-0.39, 0.29) is 29.4 Å². The minimum atomic E-state index is -0.712. The molecule has 0 aromatic heterocycles. The number of esters is 1. The molecular weight excluding hydrogens is 250 g/mol. The van der Waals surface area contributed by atoms with Crippen LogP contribution in [0, 0.1) is 15.5 Å². The fraction of sp³-hybridized carbons (Fsp3) is 0.385. The molecule has 0 unspecified atom stereocenters. The van der Waals surface area contributed by atoms with Gasteiger partial charge in [0.25, 0.3) is 5.69 Å². The molecule has 0 atom stereocenters. The van der Waals surface area contributed by atoms with E-state index < -0.39 is 10.3 Å². The molecule has 100 valence electrons. The van der Waals surface area contributed by atoms with Crippen LogP contribution in [0.15, 0.2) is 24.3 Å². The van der Waals surface area contributed by atoms with E-state index >= 15 is 0 Å². The minimum absolute atomic E-state index is 0.0425. The highest BCUT2D eigenvalue weighted by molar-refractivity contribution is 6.00. The molecule has 6 nitrogen and oxygen atoms in total. The number of benzene rings is 1. The Kier molecular flexibility index (Phi) is 3.33. The highest BCUT2D eigenvalue weighted by atomic mass is 16.6. The first-order valence-electron chi connectivity index (χ1n) is 5.84. The van der Waals surface area contributed by atoms with Crippen molar-refractivity contribution in [2.24, 2.45) is 5.41 Å².